The third-order valence-corrected chi connectivity index (χ3v) is 6.25. The second-order valence-corrected chi connectivity index (χ2v) is 8.32. The molecule has 3 unspecified atom stereocenters. The Morgan fingerprint density at radius 2 is 2.00 bits per heavy atom. The summed E-state index contributed by atoms with van der Waals surface area (Å²) in [6, 6.07) is 7.33. The molecule has 30 heavy (non-hydrogen) atoms. The summed E-state index contributed by atoms with van der Waals surface area (Å²) in [6.07, 6.45) is 5.22. The summed E-state index contributed by atoms with van der Waals surface area (Å²) in [6.45, 7) is 3.76. The first-order valence-corrected chi connectivity index (χ1v) is 11.1. The number of amides is 1. The number of hydrogen-bond acceptors (Lipinski definition) is 5. The van der Waals surface area contributed by atoms with Crippen molar-refractivity contribution >= 4 is 11.7 Å². The Morgan fingerprint density at radius 3 is 2.80 bits per heavy atom. The molecule has 6 nitrogen and oxygen atoms in total. The van der Waals surface area contributed by atoms with Crippen molar-refractivity contribution in [3.05, 3.63) is 41.2 Å². The van der Waals surface area contributed by atoms with E-state index in [2.05, 4.69) is 6.92 Å². The molecule has 6 heteroatoms. The molecule has 0 bridgehead atoms. The fourth-order valence-electron chi connectivity index (χ4n) is 4.84. The molecule has 1 saturated carbocycles. The van der Waals surface area contributed by atoms with Gasteiger partial charge in [0.15, 0.2) is 11.5 Å². The lowest BCUT2D eigenvalue weighted by molar-refractivity contribution is -0.135. The Labute approximate surface area is 178 Å². The van der Waals surface area contributed by atoms with E-state index in [9.17, 15) is 9.59 Å². The second-order valence-electron chi connectivity index (χ2n) is 8.32. The van der Waals surface area contributed by atoms with E-state index < -0.39 is 6.04 Å². The quantitative estimate of drug-likeness (QED) is 0.607. The van der Waals surface area contributed by atoms with Gasteiger partial charge in [-0.05, 0) is 49.8 Å². The molecule has 4 rings (SSSR count). The predicted molar refractivity (Wildman–Crippen MR) is 112 cm³/mol. The normalized spacial score (nSPS) is 25.8. The summed E-state index contributed by atoms with van der Waals surface area (Å²) in [5.74, 6) is 0.806. The number of carbonyl (C=O) groups is 2. The average Bonchev–Trinajstić information content (AvgIpc) is 3.05. The zero-order valence-corrected chi connectivity index (χ0v) is 17.9. The van der Waals surface area contributed by atoms with Gasteiger partial charge in [-0.3, -0.25) is 9.59 Å². The lowest BCUT2D eigenvalue weighted by atomic mass is 9.77. The summed E-state index contributed by atoms with van der Waals surface area (Å²) < 4.78 is 17.2. The Hall–Kier alpha value is -2.34. The molecule has 3 atom stereocenters. The van der Waals surface area contributed by atoms with Gasteiger partial charge in [0.05, 0.1) is 24.1 Å². The molecule has 0 saturated heterocycles. The molecule has 2 heterocycles. The van der Waals surface area contributed by atoms with Crippen molar-refractivity contribution in [2.45, 2.75) is 57.6 Å². The van der Waals surface area contributed by atoms with Gasteiger partial charge in [-0.25, -0.2) is 0 Å². The summed E-state index contributed by atoms with van der Waals surface area (Å²) in [5, 5.41) is 0. The van der Waals surface area contributed by atoms with E-state index in [0.29, 0.717) is 31.8 Å². The second kappa shape index (κ2) is 9.21. The summed E-state index contributed by atoms with van der Waals surface area (Å²) in [5.41, 5.74) is 1.43. The molecule has 0 aromatic heterocycles. The lowest BCUT2D eigenvalue weighted by Crippen LogP contribution is -2.39. The first kappa shape index (κ1) is 20.9. The number of benzene rings is 1. The zero-order valence-electron chi connectivity index (χ0n) is 17.9. The fraction of sp³-hybridized carbons (Fsp3) is 0.583. The molecule has 0 N–H and O–H groups in total. The maximum atomic E-state index is 13.5. The molecular weight excluding hydrogens is 382 g/mol. The minimum Gasteiger partial charge on any atom is -0.494 e. The van der Waals surface area contributed by atoms with Crippen LogP contribution in [0.5, 0.6) is 5.75 Å². The van der Waals surface area contributed by atoms with Crippen LogP contribution in [-0.4, -0.2) is 49.6 Å². The summed E-state index contributed by atoms with van der Waals surface area (Å²) in [4.78, 5) is 28.6. The van der Waals surface area contributed by atoms with Crippen LogP contribution < -0.4 is 4.74 Å². The van der Waals surface area contributed by atoms with Crippen LogP contribution in [0.1, 0.15) is 57.1 Å². The molecule has 2 aliphatic heterocycles. The maximum absolute atomic E-state index is 13.5. The number of Topliss-reactive ketones (excluding diaryl/α,β-unsaturated/α-hetero) is 1. The molecule has 1 fully saturated rings. The topological polar surface area (TPSA) is 65.1 Å². The summed E-state index contributed by atoms with van der Waals surface area (Å²) >= 11 is 0. The largest absolute Gasteiger partial charge is 0.494 e. The fourth-order valence-corrected chi connectivity index (χ4v) is 4.84. The Bertz CT molecular complexity index is 833. The van der Waals surface area contributed by atoms with Gasteiger partial charge in [0.2, 0.25) is 0 Å². The number of hydrogen-bond donors (Lipinski definition) is 0. The highest BCUT2D eigenvalue weighted by molar-refractivity contribution is 6.11. The van der Waals surface area contributed by atoms with Crippen LogP contribution in [0.15, 0.2) is 35.6 Å². The zero-order chi connectivity index (χ0) is 21.1. The third-order valence-electron chi connectivity index (χ3n) is 6.25. The van der Waals surface area contributed by atoms with Crippen LogP contribution in [-0.2, 0) is 19.1 Å². The molecule has 0 spiro atoms. The minimum absolute atomic E-state index is 0.0911. The highest BCUT2D eigenvalue weighted by atomic mass is 16.5. The van der Waals surface area contributed by atoms with Gasteiger partial charge < -0.3 is 19.1 Å². The first-order valence-electron chi connectivity index (χ1n) is 11.1. The first-order chi connectivity index (χ1) is 14.7. The molecule has 3 aliphatic rings. The molecule has 1 aliphatic carbocycles. The van der Waals surface area contributed by atoms with Gasteiger partial charge in [-0.2, -0.15) is 0 Å². The molecule has 1 aromatic carbocycles. The number of ketones is 1. The van der Waals surface area contributed by atoms with E-state index in [1.54, 1.807) is 12.0 Å². The molecule has 162 valence electrons. The number of rotatable bonds is 8. The highest BCUT2D eigenvalue weighted by Gasteiger charge is 2.51. The van der Waals surface area contributed by atoms with Crippen LogP contribution in [0, 0.1) is 5.92 Å². The van der Waals surface area contributed by atoms with Crippen molar-refractivity contribution in [2.75, 3.05) is 26.9 Å². The summed E-state index contributed by atoms with van der Waals surface area (Å²) in [7, 11) is 1.65. The van der Waals surface area contributed by atoms with Crippen molar-refractivity contribution in [3.63, 3.8) is 0 Å². The van der Waals surface area contributed by atoms with Gasteiger partial charge in [0.1, 0.15) is 11.9 Å². The third kappa shape index (κ3) is 3.85. The Balaban J connectivity index is 1.71. The SMILES string of the molecule is CCCOc1cccc(C2C3=C(OC4CCCCC4C3=O)C(=O)N2CCCOC)c1. The standard InChI is InChI=1S/C24H31NO5/c1-3-13-29-17-9-6-8-16(15-17)21-20-22(26)18-10-4-5-11-19(18)30-23(20)24(27)25(21)12-7-14-28-2/h6,8-9,15,18-19,21H,3-5,7,10-14H2,1-2H3. The van der Waals surface area contributed by atoms with Crippen LogP contribution in [0.25, 0.3) is 0 Å². The van der Waals surface area contributed by atoms with Crippen LogP contribution >= 0.6 is 0 Å². The van der Waals surface area contributed by atoms with Crippen LogP contribution in [0.3, 0.4) is 0 Å². The number of ether oxygens (including phenoxy) is 3. The maximum Gasteiger partial charge on any atom is 0.290 e. The Kier molecular flexibility index (Phi) is 6.42. The van der Waals surface area contributed by atoms with E-state index in [-0.39, 0.29) is 29.5 Å². The van der Waals surface area contributed by atoms with Gasteiger partial charge in [0, 0.05) is 20.3 Å². The average molecular weight is 414 g/mol. The smallest absolute Gasteiger partial charge is 0.290 e. The number of nitrogens with zero attached hydrogens (tertiary/aromatic N) is 1. The van der Waals surface area contributed by atoms with Gasteiger partial charge >= 0.3 is 0 Å². The minimum atomic E-state index is -0.426. The van der Waals surface area contributed by atoms with Crippen molar-refractivity contribution in [1.82, 2.24) is 4.90 Å². The lowest BCUT2D eigenvalue weighted by Gasteiger charge is -2.35. The molecule has 1 aromatic rings. The predicted octanol–water partition coefficient (Wildman–Crippen LogP) is 3.81. The van der Waals surface area contributed by atoms with Crippen molar-refractivity contribution < 1.29 is 23.8 Å². The molecular formula is C24H31NO5. The van der Waals surface area contributed by atoms with Gasteiger partial charge in [0.25, 0.3) is 5.91 Å². The van der Waals surface area contributed by atoms with E-state index in [1.807, 2.05) is 24.3 Å². The van der Waals surface area contributed by atoms with E-state index in [0.717, 1.165) is 43.4 Å². The van der Waals surface area contributed by atoms with Crippen molar-refractivity contribution in [1.29, 1.82) is 0 Å². The van der Waals surface area contributed by atoms with Crippen LogP contribution in [0.2, 0.25) is 0 Å². The number of carbonyl (C=O) groups excluding carboxylic acids is 2. The van der Waals surface area contributed by atoms with E-state index in [1.165, 1.54) is 0 Å². The van der Waals surface area contributed by atoms with Crippen LogP contribution in [0.4, 0.5) is 0 Å². The van der Waals surface area contributed by atoms with E-state index >= 15 is 0 Å². The molecule has 0 radical (unpaired) electrons. The number of methoxy groups -OCH3 is 1. The molecule has 1 amide bonds. The van der Waals surface area contributed by atoms with Gasteiger partial charge in [-0.1, -0.05) is 25.5 Å². The monoisotopic (exact) mass is 413 g/mol. The van der Waals surface area contributed by atoms with E-state index in [4.69, 9.17) is 14.2 Å². The van der Waals surface area contributed by atoms with Crippen molar-refractivity contribution in [2.24, 2.45) is 5.92 Å². The van der Waals surface area contributed by atoms with Gasteiger partial charge in [-0.15, -0.1) is 0 Å². The Morgan fingerprint density at radius 1 is 1.17 bits per heavy atom. The highest BCUT2D eigenvalue weighted by Crippen LogP contribution is 2.47. The number of fused-ring (bicyclic) bond motifs is 1. The van der Waals surface area contributed by atoms with Crippen molar-refractivity contribution in [3.8, 4) is 5.75 Å².